The Morgan fingerprint density at radius 2 is 1.85 bits per heavy atom. The van der Waals surface area contributed by atoms with Crippen LogP contribution in [0.3, 0.4) is 0 Å². The molecule has 104 valence electrons. The fraction of sp³-hybridized carbons (Fsp3) is 0.188. The van der Waals surface area contributed by atoms with Gasteiger partial charge in [-0.1, -0.05) is 30.3 Å². The first kappa shape index (κ1) is 13.9. The summed E-state index contributed by atoms with van der Waals surface area (Å²) >= 11 is 0. The van der Waals surface area contributed by atoms with Crippen LogP contribution in [0.25, 0.3) is 0 Å². The Kier molecular flexibility index (Phi) is 4.60. The van der Waals surface area contributed by atoms with Gasteiger partial charge in [0.05, 0.1) is 0 Å². The Morgan fingerprint density at radius 1 is 1.10 bits per heavy atom. The number of carbonyl (C=O) groups is 1. The molecule has 4 nitrogen and oxygen atoms in total. The van der Waals surface area contributed by atoms with E-state index in [2.05, 4.69) is 5.32 Å². The van der Waals surface area contributed by atoms with Crippen molar-refractivity contribution in [3.05, 3.63) is 60.2 Å². The first-order chi connectivity index (χ1) is 9.65. The lowest BCUT2D eigenvalue weighted by Crippen LogP contribution is -2.26. The van der Waals surface area contributed by atoms with E-state index in [9.17, 15) is 4.79 Å². The van der Waals surface area contributed by atoms with Crippen molar-refractivity contribution in [3.8, 4) is 5.75 Å². The van der Waals surface area contributed by atoms with E-state index < -0.39 is 6.09 Å². The van der Waals surface area contributed by atoms with Crippen LogP contribution in [0, 0.1) is 0 Å². The van der Waals surface area contributed by atoms with Crippen molar-refractivity contribution in [2.24, 2.45) is 0 Å². The molecule has 1 amide bonds. The van der Waals surface area contributed by atoms with E-state index in [4.69, 9.17) is 4.74 Å². The number of ether oxygens (including phenoxy) is 1. The zero-order valence-corrected chi connectivity index (χ0v) is 11.7. The maximum absolute atomic E-state index is 11.7. The summed E-state index contributed by atoms with van der Waals surface area (Å²) in [4.78, 5) is 13.7. The average molecular weight is 270 g/mol. The molecule has 0 radical (unpaired) electrons. The second-order valence-electron chi connectivity index (χ2n) is 4.62. The highest BCUT2D eigenvalue weighted by Crippen LogP contribution is 2.13. The fourth-order valence-corrected chi connectivity index (χ4v) is 1.75. The molecule has 0 fully saturated rings. The van der Waals surface area contributed by atoms with Crippen LogP contribution in [0.1, 0.15) is 5.56 Å². The van der Waals surface area contributed by atoms with Gasteiger partial charge in [-0.15, -0.1) is 0 Å². The van der Waals surface area contributed by atoms with Gasteiger partial charge in [-0.25, -0.2) is 4.79 Å². The molecule has 0 bridgehead atoms. The first-order valence-electron chi connectivity index (χ1n) is 6.42. The zero-order chi connectivity index (χ0) is 14.4. The van der Waals surface area contributed by atoms with Crippen LogP contribution >= 0.6 is 0 Å². The summed E-state index contributed by atoms with van der Waals surface area (Å²) in [6.45, 7) is 0.438. The number of benzene rings is 2. The van der Waals surface area contributed by atoms with Gasteiger partial charge in [0.25, 0.3) is 0 Å². The number of nitrogens with zero attached hydrogens (tertiary/aromatic N) is 1. The Balaban J connectivity index is 1.89. The van der Waals surface area contributed by atoms with E-state index in [1.165, 1.54) is 0 Å². The zero-order valence-electron chi connectivity index (χ0n) is 11.7. The summed E-state index contributed by atoms with van der Waals surface area (Å²) in [6.07, 6.45) is -0.452. The SMILES string of the molecule is CN(C)c1cccc(CNC(=O)Oc2ccccc2)c1. The van der Waals surface area contributed by atoms with Gasteiger partial charge in [0.1, 0.15) is 5.75 Å². The van der Waals surface area contributed by atoms with E-state index in [0.29, 0.717) is 12.3 Å². The Bertz CT molecular complexity index is 568. The predicted octanol–water partition coefficient (Wildman–Crippen LogP) is 3.04. The molecule has 0 heterocycles. The molecule has 4 heteroatoms. The molecule has 0 saturated heterocycles. The molecule has 0 aromatic heterocycles. The second-order valence-corrected chi connectivity index (χ2v) is 4.62. The number of hydrogen-bond donors (Lipinski definition) is 1. The molecular formula is C16H18N2O2. The minimum Gasteiger partial charge on any atom is -0.410 e. The third-order valence-electron chi connectivity index (χ3n) is 2.82. The number of nitrogens with one attached hydrogen (secondary N) is 1. The molecule has 0 unspecified atom stereocenters. The molecule has 2 aromatic carbocycles. The van der Waals surface area contributed by atoms with Gasteiger partial charge in [0.2, 0.25) is 0 Å². The van der Waals surface area contributed by atoms with Crippen LogP contribution in [0.2, 0.25) is 0 Å². The normalized spacial score (nSPS) is 9.90. The van der Waals surface area contributed by atoms with Crippen LogP contribution in [-0.4, -0.2) is 20.2 Å². The topological polar surface area (TPSA) is 41.6 Å². The van der Waals surface area contributed by atoms with Crippen LogP contribution < -0.4 is 15.0 Å². The van der Waals surface area contributed by atoms with E-state index >= 15 is 0 Å². The quantitative estimate of drug-likeness (QED) is 0.928. The molecular weight excluding hydrogens is 252 g/mol. The van der Waals surface area contributed by atoms with E-state index in [-0.39, 0.29) is 0 Å². The van der Waals surface area contributed by atoms with Crippen LogP contribution in [0.4, 0.5) is 10.5 Å². The van der Waals surface area contributed by atoms with Crippen molar-refractivity contribution in [2.75, 3.05) is 19.0 Å². The van der Waals surface area contributed by atoms with Gasteiger partial charge >= 0.3 is 6.09 Å². The molecule has 1 N–H and O–H groups in total. The highest BCUT2D eigenvalue weighted by molar-refractivity contribution is 5.70. The highest BCUT2D eigenvalue weighted by Gasteiger charge is 2.04. The van der Waals surface area contributed by atoms with Gasteiger partial charge in [-0.3, -0.25) is 0 Å². The second kappa shape index (κ2) is 6.61. The molecule has 0 saturated carbocycles. The lowest BCUT2D eigenvalue weighted by Gasteiger charge is -2.13. The third-order valence-corrected chi connectivity index (χ3v) is 2.82. The minimum atomic E-state index is -0.452. The summed E-state index contributed by atoms with van der Waals surface area (Å²) in [5.41, 5.74) is 2.13. The molecule has 0 atom stereocenters. The van der Waals surface area contributed by atoms with Crippen molar-refractivity contribution in [1.82, 2.24) is 5.32 Å². The van der Waals surface area contributed by atoms with Crippen LogP contribution in [0.15, 0.2) is 54.6 Å². The maximum atomic E-state index is 11.7. The standard InChI is InChI=1S/C16H18N2O2/c1-18(2)14-8-6-7-13(11-14)12-17-16(19)20-15-9-4-3-5-10-15/h3-11H,12H2,1-2H3,(H,17,19). The molecule has 2 aromatic rings. The molecule has 0 aliphatic heterocycles. The molecule has 20 heavy (non-hydrogen) atoms. The monoisotopic (exact) mass is 270 g/mol. The first-order valence-corrected chi connectivity index (χ1v) is 6.42. The summed E-state index contributed by atoms with van der Waals surface area (Å²) in [7, 11) is 3.96. The van der Waals surface area contributed by atoms with Gasteiger partial charge in [-0.05, 0) is 29.8 Å². The molecule has 0 spiro atoms. The fourth-order valence-electron chi connectivity index (χ4n) is 1.75. The largest absolute Gasteiger partial charge is 0.412 e. The van der Waals surface area contributed by atoms with E-state index in [1.807, 2.05) is 61.5 Å². The van der Waals surface area contributed by atoms with Gasteiger partial charge in [-0.2, -0.15) is 0 Å². The third kappa shape index (κ3) is 4.02. The average Bonchev–Trinajstić information content (AvgIpc) is 2.46. The Morgan fingerprint density at radius 3 is 2.55 bits per heavy atom. The number of anilines is 1. The molecule has 0 aliphatic rings. The number of hydrogen-bond acceptors (Lipinski definition) is 3. The lowest BCUT2D eigenvalue weighted by molar-refractivity contribution is 0.200. The Labute approximate surface area is 119 Å². The molecule has 0 aliphatic carbocycles. The Hall–Kier alpha value is -2.49. The summed E-state index contributed by atoms with van der Waals surface area (Å²) in [5.74, 6) is 0.534. The minimum absolute atomic E-state index is 0.438. The van der Waals surface area contributed by atoms with Crippen LogP contribution in [-0.2, 0) is 6.54 Å². The summed E-state index contributed by atoms with van der Waals surface area (Å²) in [5, 5.41) is 2.73. The van der Waals surface area contributed by atoms with Gasteiger partial charge < -0.3 is 15.0 Å². The van der Waals surface area contributed by atoms with E-state index in [0.717, 1.165) is 11.3 Å². The summed E-state index contributed by atoms with van der Waals surface area (Å²) in [6, 6.07) is 17.0. The van der Waals surface area contributed by atoms with Crippen molar-refractivity contribution in [3.63, 3.8) is 0 Å². The van der Waals surface area contributed by atoms with Crippen molar-refractivity contribution in [1.29, 1.82) is 0 Å². The van der Waals surface area contributed by atoms with Crippen molar-refractivity contribution >= 4 is 11.8 Å². The molecule has 2 rings (SSSR count). The lowest BCUT2D eigenvalue weighted by atomic mass is 10.2. The van der Waals surface area contributed by atoms with E-state index in [1.54, 1.807) is 12.1 Å². The van der Waals surface area contributed by atoms with Crippen molar-refractivity contribution < 1.29 is 9.53 Å². The van der Waals surface area contributed by atoms with Crippen LogP contribution in [0.5, 0.6) is 5.75 Å². The van der Waals surface area contributed by atoms with Gasteiger partial charge in [0, 0.05) is 26.3 Å². The number of amides is 1. The number of rotatable bonds is 4. The number of carbonyl (C=O) groups excluding carboxylic acids is 1. The maximum Gasteiger partial charge on any atom is 0.412 e. The smallest absolute Gasteiger partial charge is 0.410 e. The van der Waals surface area contributed by atoms with Gasteiger partial charge in [0.15, 0.2) is 0 Å². The highest BCUT2D eigenvalue weighted by atomic mass is 16.5. The van der Waals surface area contributed by atoms with Crippen molar-refractivity contribution in [2.45, 2.75) is 6.54 Å². The predicted molar refractivity (Wildman–Crippen MR) is 80.1 cm³/mol. The number of para-hydroxylation sites is 1. The summed E-state index contributed by atoms with van der Waals surface area (Å²) < 4.78 is 5.15.